The molecule has 0 atom stereocenters. The van der Waals surface area contributed by atoms with E-state index in [1.807, 2.05) is 12.1 Å². The Balaban J connectivity index is 2.29. The zero-order valence-corrected chi connectivity index (χ0v) is 11.4. The number of carbonyl (C=O) groups is 1. The minimum atomic E-state index is -0.889. The van der Waals surface area contributed by atoms with Crippen LogP contribution in [0.2, 0.25) is 0 Å². The largest absolute Gasteiger partial charge is 0.478 e. The van der Waals surface area contributed by atoms with E-state index in [1.165, 1.54) is 6.42 Å². The van der Waals surface area contributed by atoms with Gasteiger partial charge in [-0.2, -0.15) is 0 Å². The number of benzene rings is 1. The van der Waals surface area contributed by atoms with E-state index in [4.69, 9.17) is 0 Å². The molecule has 0 aromatic heterocycles. The highest BCUT2D eigenvalue weighted by atomic mass is 79.9. The highest BCUT2D eigenvalue weighted by Gasteiger charge is 2.35. The van der Waals surface area contributed by atoms with E-state index in [-0.39, 0.29) is 5.54 Å². The van der Waals surface area contributed by atoms with Crippen LogP contribution < -0.4 is 5.32 Å². The molecule has 1 aliphatic rings. The van der Waals surface area contributed by atoms with Gasteiger partial charge in [-0.15, -0.1) is 0 Å². The van der Waals surface area contributed by atoms with Gasteiger partial charge in [0, 0.05) is 15.7 Å². The molecule has 1 saturated carbocycles. The zero-order chi connectivity index (χ0) is 12.5. The maximum Gasteiger partial charge on any atom is 0.337 e. The molecule has 1 aliphatic carbocycles. The fourth-order valence-corrected chi connectivity index (χ4v) is 2.62. The van der Waals surface area contributed by atoms with Gasteiger partial charge in [0.15, 0.2) is 0 Å². The lowest BCUT2D eigenvalue weighted by Crippen LogP contribution is -2.44. The van der Waals surface area contributed by atoms with Crippen molar-refractivity contribution in [3.63, 3.8) is 0 Å². The van der Waals surface area contributed by atoms with Gasteiger partial charge in [-0.25, -0.2) is 4.79 Å². The molecule has 0 bridgehead atoms. The third-order valence-corrected chi connectivity index (χ3v) is 4.09. The first-order valence-electron chi connectivity index (χ1n) is 5.87. The van der Waals surface area contributed by atoms with Gasteiger partial charge in [0.1, 0.15) is 0 Å². The summed E-state index contributed by atoms with van der Waals surface area (Å²) in [5.74, 6) is -0.889. The number of halogens is 1. The minimum Gasteiger partial charge on any atom is -0.478 e. The number of aromatic carboxylic acids is 1. The average Bonchev–Trinajstić information content (AvgIpc) is 2.25. The van der Waals surface area contributed by atoms with E-state index in [9.17, 15) is 9.90 Å². The lowest BCUT2D eigenvalue weighted by molar-refractivity contribution is 0.0697. The lowest BCUT2D eigenvalue weighted by Gasteiger charge is -2.43. The van der Waals surface area contributed by atoms with Crippen molar-refractivity contribution >= 4 is 27.6 Å². The molecular weight excluding hydrogens is 282 g/mol. The molecule has 3 nitrogen and oxygen atoms in total. The molecule has 0 spiro atoms. The number of anilines is 1. The van der Waals surface area contributed by atoms with E-state index < -0.39 is 5.97 Å². The van der Waals surface area contributed by atoms with Crippen LogP contribution in [0.4, 0.5) is 5.69 Å². The Kier molecular flexibility index (Phi) is 3.43. The van der Waals surface area contributed by atoms with Crippen molar-refractivity contribution in [2.24, 2.45) is 0 Å². The maximum atomic E-state index is 11.2. The number of rotatable bonds is 4. The molecule has 0 amide bonds. The summed E-state index contributed by atoms with van der Waals surface area (Å²) < 4.78 is 0.791. The van der Waals surface area contributed by atoms with Crippen LogP contribution in [-0.2, 0) is 0 Å². The van der Waals surface area contributed by atoms with E-state index in [1.54, 1.807) is 6.07 Å². The standard InChI is InChI=1S/C13H16BrNO2/c1-2-13(6-3-7-13)15-11-5-4-9(14)8-10(11)12(16)17/h4-5,8,15H,2-3,6-7H2,1H3,(H,16,17). The van der Waals surface area contributed by atoms with Crippen LogP contribution >= 0.6 is 15.9 Å². The van der Waals surface area contributed by atoms with E-state index in [0.717, 1.165) is 29.4 Å². The average molecular weight is 298 g/mol. The Labute approximate surface area is 109 Å². The summed E-state index contributed by atoms with van der Waals surface area (Å²) in [6, 6.07) is 5.35. The topological polar surface area (TPSA) is 49.3 Å². The Hall–Kier alpha value is -1.03. The smallest absolute Gasteiger partial charge is 0.337 e. The first-order valence-corrected chi connectivity index (χ1v) is 6.67. The van der Waals surface area contributed by atoms with Gasteiger partial charge in [0.05, 0.1) is 5.56 Å². The minimum absolute atomic E-state index is 0.109. The number of nitrogens with one attached hydrogen (secondary N) is 1. The van der Waals surface area contributed by atoms with Crippen LogP contribution in [-0.4, -0.2) is 16.6 Å². The zero-order valence-electron chi connectivity index (χ0n) is 9.79. The Morgan fingerprint density at radius 2 is 2.24 bits per heavy atom. The SMILES string of the molecule is CCC1(Nc2ccc(Br)cc2C(=O)O)CCC1. The number of hydrogen-bond acceptors (Lipinski definition) is 2. The van der Waals surface area contributed by atoms with Crippen molar-refractivity contribution in [1.29, 1.82) is 0 Å². The van der Waals surface area contributed by atoms with E-state index in [0.29, 0.717) is 5.56 Å². The second kappa shape index (κ2) is 4.69. The molecule has 2 rings (SSSR count). The van der Waals surface area contributed by atoms with E-state index in [2.05, 4.69) is 28.2 Å². The molecule has 0 saturated heterocycles. The van der Waals surface area contributed by atoms with Crippen molar-refractivity contribution < 1.29 is 9.90 Å². The molecule has 4 heteroatoms. The molecule has 2 N–H and O–H groups in total. The quantitative estimate of drug-likeness (QED) is 0.886. The Morgan fingerprint density at radius 1 is 1.53 bits per heavy atom. The van der Waals surface area contributed by atoms with Crippen LogP contribution in [0.15, 0.2) is 22.7 Å². The fourth-order valence-electron chi connectivity index (χ4n) is 2.26. The highest BCUT2D eigenvalue weighted by Crippen LogP contribution is 2.39. The first-order chi connectivity index (χ1) is 8.06. The van der Waals surface area contributed by atoms with Crippen LogP contribution in [0.25, 0.3) is 0 Å². The predicted octanol–water partition coefficient (Wildman–Crippen LogP) is 3.89. The third kappa shape index (κ3) is 2.46. The van der Waals surface area contributed by atoms with Crippen LogP contribution in [0.3, 0.4) is 0 Å². The highest BCUT2D eigenvalue weighted by molar-refractivity contribution is 9.10. The third-order valence-electron chi connectivity index (χ3n) is 3.60. The molecule has 1 fully saturated rings. The van der Waals surface area contributed by atoms with Crippen molar-refractivity contribution in [2.75, 3.05) is 5.32 Å². The summed E-state index contributed by atoms with van der Waals surface area (Å²) in [5, 5.41) is 12.6. The van der Waals surface area contributed by atoms with Crippen molar-refractivity contribution in [2.45, 2.75) is 38.1 Å². The van der Waals surface area contributed by atoms with Crippen LogP contribution in [0, 0.1) is 0 Å². The second-order valence-electron chi connectivity index (χ2n) is 4.61. The van der Waals surface area contributed by atoms with E-state index >= 15 is 0 Å². The van der Waals surface area contributed by atoms with Crippen molar-refractivity contribution in [3.05, 3.63) is 28.2 Å². The fraction of sp³-hybridized carbons (Fsp3) is 0.462. The molecule has 92 valence electrons. The summed E-state index contributed by atoms with van der Waals surface area (Å²) in [7, 11) is 0. The maximum absolute atomic E-state index is 11.2. The summed E-state index contributed by atoms with van der Waals surface area (Å²) in [6.07, 6.45) is 4.50. The van der Waals surface area contributed by atoms with Gasteiger partial charge < -0.3 is 10.4 Å². The van der Waals surface area contributed by atoms with Gasteiger partial charge >= 0.3 is 5.97 Å². The van der Waals surface area contributed by atoms with Crippen LogP contribution in [0.5, 0.6) is 0 Å². The Morgan fingerprint density at radius 3 is 2.71 bits per heavy atom. The van der Waals surface area contributed by atoms with Gasteiger partial charge in [-0.1, -0.05) is 22.9 Å². The van der Waals surface area contributed by atoms with Crippen molar-refractivity contribution in [3.8, 4) is 0 Å². The molecule has 0 unspecified atom stereocenters. The molecular formula is C13H16BrNO2. The molecule has 1 aromatic rings. The molecule has 0 radical (unpaired) electrons. The van der Waals surface area contributed by atoms with Gasteiger partial charge in [-0.05, 0) is 43.9 Å². The number of hydrogen-bond donors (Lipinski definition) is 2. The molecule has 1 aromatic carbocycles. The summed E-state index contributed by atoms with van der Waals surface area (Å²) in [4.78, 5) is 11.2. The van der Waals surface area contributed by atoms with Gasteiger partial charge in [0.2, 0.25) is 0 Å². The van der Waals surface area contributed by atoms with Gasteiger partial charge in [0.25, 0.3) is 0 Å². The summed E-state index contributed by atoms with van der Waals surface area (Å²) in [5.41, 5.74) is 1.17. The van der Waals surface area contributed by atoms with Crippen molar-refractivity contribution in [1.82, 2.24) is 0 Å². The first kappa shape index (κ1) is 12.4. The lowest BCUT2D eigenvalue weighted by atomic mass is 9.74. The molecule has 0 heterocycles. The second-order valence-corrected chi connectivity index (χ2v) is 5.52. The predicted molar refractivity (Wildman–Crippen MR) is 71.6 cm³/mol. The molecule has 0 aliphatic heterocycles. The monoisotopic (exact) mass is 297 g/mol. The summed E-state index contributed by atoms with van der Waals surface area (Å²) >= 11 is 3.30. The normalized spacial score (nSPS) is 17.3. The molecule has 17 heavy (non-hydrogen) atoms. The number of carboxylic acid groups (broad SMARTS) is 1. The van der Waals surface area contributed by atoms with Gasteiger partial charge in [-0.3, -0.25) is 0 Å². The number of carboxylic acids is 1. The summed E-state index contributed by atoms with van der Waals surface area (Å²) in [6.45, 7) is 2.14. The van der Waals surface area contributed by atoms with Crippen LogP contribution in [0.1, 0.15) is 43.0 Å². The Bertz CT molecular complexity index is 436.